The number of hydrogen-bond donors (Lipinski definition) is 1. The molecule has 1 aromatic carbocycles. The van der Waals surface area contributed by atoms with E-state index >= 15 is 0 Å². The van der Waals surface area contributed by atoms with E-state index < -0.39 is 11.6 Å². The zero-order valence-electron chi connectivity index (χ0n) is 23.2. The Morgan fingerprint density at radius 3 is 2.73 bits per heavy atom. The monoisotopic (exact) mass is 594 g/mol. The number of rotatable bonds is 10. The molecule has 1 N–H and O–H groups in total. The topological polar surface area (TPSA) is 107 Å². The van der Waals surface area contributed by atoms with Gasteiger partial charge in [-0.25, -0.2) is 9.48 Å². The summed E-state index contributed by atoms with van der Waals surface area (Å²) in [6, 6.07) is 9.58. The SMILES string of the molecule is Cc1ccc([C@@](O)(C(=O)O[C@H]2CC[C@H](N(C)CCCn3nnc4cc(C=O)c5c(c43)COC5)CC2)c2cccs2)s1. The number of aliphatic hydroxyl groups is 1. The van der Waals surface area contributed by atoms with Gasteiger partial charge in [0.2, 0.25) is 5.60 Å². The molecule has 1 atom stereocenters. The number of carbonyl (C=O) groups is 2. The van der Waals surface area contributed by atoms with Crippen LogP contribution in [-0.2, 0) is 39.6 Å². The average molecular weight is 595 g/mol. The summed E-state index contributed by atoms with van der Waals surface area (Å²) in [7, 11) is 2.15. The fourth-order valence-corrected chi connectivity index (χ4v) is 7.91. The van der Waals surface area contributed by atoms with Crippen molar-refractivity contribution in [2.24, 2.45) is 0 Å². The van der Waals surface area contributed by atoms with Crippen molar-refractivity contribution >= 4 is 46.0 Å². The third-order valence-corrected chi connectivity index (χ3v) is 10.5. The van der Waals surface area contributed by atoms with E-state index in [-0.39, 0.29) is 6.10 Å². The Balaban J connectivity index is 1.03. The van der Waals surface area contributed by atoms with Crippen LogP contribution in [0.1, 0.15) is 68.2 Å². The second-order valence-electron chi connectivity index (χ2n) is 11.0. The smallest absolute Gasteiger partial charge is 0.349 e. The molecule has 1 saturated carbocycles. The zero-order valence-corrected chi connectivity index (χ0v) is 24.9. The molecule has 41 heavy (non-hydrogen) atoms. The van der Waals surface area contributed by atoms with Crippen LogP contribution in [0.2, 0.25) is 0 Å². The number of carbonyl (C=O) groups excluding carboxylic acids is 2. The lowest BCUT2D eigenvalue weighted by molar-refractivity contribution is -0.169. The van der Waals surface area contributed by atoms with E-state index in [0.717, 1.165) is 78.5 Å². The molecule has 11 heteroatoms. The molecular weight excluding hydrogens is 560 g/mol. The van der Waals surface area contributed by atoms with Crippen LogP contribution in [0.15, 0.2) is 35.7 Å². The van der Waals surface area contributed by atoms with Crippen molar-refractivity contribution in [2.45, 2.75) is 76.5 Å². The Kier molecular flexibility index (Phi) is 8.06. The Bertz CT molecular complexity index is 1540. The highest BCUT2D eigenvalue weighted by Crippen LogP contribution is 2.39. The van der Waals surface area contributed by atoms with Crippen LogP contribution in [0.4, 0.5) is 0 Å². The molecule has 0 saturated heterocycles. The molecule has 1 aliphatic heterocycles. The summed E-state index contributed by atoms with van der Waals surface area (Å²) >= 11 is 2.78. The van der Waals surface area contributed by atoms with Gasteiger partial charge in [-0.15, -0.1) is 27.8 Å². The maximum atomic E-state index is 13.4. The molecule has 216 valence electrons. The van der Waals surface area contributed by atoms with Crippen molar-refractivity contribution in [3.63, 3.8) is 0 Å². The minimum absolute atomic E-state index is 0.207. The summed E-state index contributed by atoms with van der Waals surface area (Å²) in [5.41, 5.74) is 2.54. The highest BCUT2D eigenvalue weighted by Gasteiger charge is 2.45. The van der Waals surface area contributed by atoms with Crippen LogP contribution in [-0.4, -0.2) is 63.0 Å². The highest BCUT2D eigenvalue weighted by atomic mass is 32.1. The number of aromatic nitrogens is 3. The Labute approximate surface area is 246 Å². The molecular formula is C30H34N4O5S2. The summed E-state index contributed by atoms with van der Waals surface area (Å²) in [5.74, 6) is -0.587. The number of ether oxygens (including phenoxy) is 2. The molecule has 4 heterocycles. The molecule has 1 aliphatic carbocycles. The van der Waals surface area contributed by atoms with Crippen LogP contribution >= 0.6 is 22.7 Å². The van der Waals surface area contributed by atoms with Gasteiger partial charge in [-0.05, 0) is 87.8 Å². The molecule has 0 spiro atoms. The molecule has 9 nitrogen and oxygen atoms in total. The average Bonchev–Trinajstić information content (AvgIpc) is 3.79. The van der Waals surface area contributed by atoms with E-state index in [1.807, 2.05) is 35.2 Å². The third kappa shape index (κ3) is 5.37. The van der Waals surface area contributed by atoms with Gasteiger partial charge in [0, 0.05) is 28.6 Å². The third-order valence-electron chi connectivity index (χ3n) is 8.36. The van der Waals surface area contributed by atoms with Gasteiger partial charge in [-0.1, -0.05) is 11.3 Å². The van der Waals surface area contributed by atoms with Crippen LogP contribution in [0, 0.1) is 6.92 Å². The lowest BCUT2D eigenvalue weighted by atomic mass is 9.91. The van der Waals surface area contributed by atoms with Gasteiger partial charge in [0.25, 0.3) is 0 Å². The molecule has 0 radical (unpaired) electrons. The van der Waals surface area contributed by atoms with E-state index in [4.69, 9.17) is 9.47 Å². The molecule has 3 aromatic heterocycles. The van der Waals surface area contributed by atoms with Crippen LogP contribution in [0.5, 0.6) is 0 Å². The molecule has 0 amide bonds. The number of nitrogens with zero attached hydrogens (tertiary/aromatic N) is 4. The first-order chi connectivity index (χ1) is 19.9. The predicted octanol–water partition coefficient (Wildman–Crippen LogP) is 4.82. The molecule has 6 rings (SSSR count). The fraction of sp³-hybridized carbons (Fsp3) is 0.467. The van der Waals surface area contributed by atoms with Gasteiger partial charge in [0.15, 0.2) is 6.29 Å². The minimum atomic E-state index is -1.77. The maximum Gasteiger partial charge on any atom is 0.349 e. The summed E-state index contributed by atoms with van der Waals surface area (Å²) in [6.07, 6.45) is 4.95. The van der Waals surface area contributed by atoms with E-state index in [2.05, 4.69) is 22.3 Å². The summed E-state index contributed by atoms with van der Waals surface area (Å²) < 4.78 is 13.5. The second kappa shape index (κ2) is 11.7. The van der Waals surface area contributed by atoms with Crippen molar-refractivity contribution in [3.05, 3.63) is 67.0 Å². The van der Waals surface area contributed by atoms with Crippen LogP contribution in [0.3, 0.4) is 0 Å². The van der Waals surface area contributed by atoms with E-state index in [1.165, 1.54) is 22.7 Å². The van der Waals surface area contributed by atoms with Gasteiger partial charge >= 0.3 is 5.97 Å². The number of esters is 1. The van der Waals surface area contributed by atoms with Crippen LogP contribution < -0.4 is 0 Å². The van der Waals surface area contributed by atoms with E-state index in [0.29, 0.717) is 34.6 Å². The van der Waals surface area contributed by atoms with Gasteiger partial charge in [0.1, 0.15) is 11.6 Å². The molecule has 0 unspecified atom stereocenters. The maximum absolute atomic E-state index is 13.4. The number of benzene rings is 1. The number of hydrogen-bond acceptors (Lipinski definition) is 10. The number of aldehydes is 1. The summed E-state index contributed by atoms with van der Waals surface area (Å²) in [5, 5.41) is 22.2. The highest BCUT2D eigenvalue weighted by molar-refractivity contribution is 7.13. The molecule has 1 fully saturated rings. The van der Waals surface area contributed by atoms with Crippen molar-refractivity contribution in [2.75, 3.05) is 13.6 Å². The largest absolute Gasteiger partial charge is 0.460 e. The van der Waals surface area contributed by atoms with Crippen LogP contribution in [0.25, 0.3) is 11.0 Å². The standard InChI is InChI=1S/C30H34N4O5S2/c1-19-6-11-27(41-19)30(37,26-5-3-14-40-26)29(36)39-22-9-7-21(8-10-22)33(2)12-4-13-34-28-24-18-38-17-23(24)20(16-35)15-25(28)31-32-34/h3,5-6,11,14-16,21-22,37H,4,7-10,12-13,17-18H2,1-2H3/t21-,22-,30-/m1/s1. The normalized spacial score (nSPS) is 20.3. The zero-order chi connectivity index (χ0) is 28.6. The van der Waals surface area contributed by atoms with E-state index in [9.17, 15) is 14.7 Å². The van der Waals surface area contributed by atoms with Crippen molar-refractivity contribution in [1.82, 2.24) is 19.9 Å². The first kappa shape index (κ1) is 28.2. The Morgan fingerprint density at radius 2 is 2.02 bits per heavy atom. The second-order valence-corrected chi connectivity index (χ2v) is 13.2. The first-order valence-electron chi connectivity index (χ1n) is 14.0. The number of fused-ring (bicyclic) bond motifs is 3. The molecule has 0 bridgehead atoms. The fourth-order valence-electron chi connectivity index (χ4n) is 6.06. The number of aryl methyl sites for hydroxylation is 2. The first-order valence-corrected chi connectivity index (χ1v) is 15.7. The minimum Gasteiger partial charge on any atom is -0.460 e. The Morgan fingerprint density at radius 1 is 1.22 bits per heavy atom. The Hall–Kier alpha value is -2.96. The van der Waals surface area contributed by atoms with Gasteiger partial charge < -0.3 is 19.5 Å². The van der Waals surface area contributed by atoms with E-state index in [1.54, 1.807) is 12.1 Å². The predicted molar refractivity (Wildman–Crippen MR) is 157 cm³/mol. The van der Waals surface area contributed by atoms with Gasteiger partial charge in [0.05, 0.1) is 28.5 Å². The summed E-state index contributed by atoms with van der Waals surface area (Å²) in [4.78, 5) is 29.5. The van der Waals surface area contributed by atoms with Crippen molar-refractivity contribution < 1.29 is 24.2 Å². The summed E-state index contributed by atoms with van der Waals surface area (Å²) in [6.45, 7) is 4.52. The van der Waals surface area contributed by atoms with Crippen molar-refractivity contribution in [3.8, 4) is 0 Å². The molecule has 2 aliphatic rings. The number of thiophene rings is 2. The van der Waals surface area contributed by atoms with Crippen molar-refractivity contribution in [1.29, 1.82) is 0 Å². The van der Waals surface area contributed by atoms with Gasteiger partial charge in [-0.3, -0.25) is 4.79 Å². The van der Waals surface area contributed by atoms with Gasteiger partial charge in [-0.2, -0.15) is 0 Å². The lowest BCUT2D eigenvalue weighted by Gasteiger charge is -2.35. The quantitative estimate of drug-likeness (QED) is 0.206. The molecule has 4 aromatic rings. The lowest BCUT2D eigenvalue weighted by Crippen LogP contribution is -2.42.